The molecule has 0 aromatic heterocycles. The van der Waals surface area contributed by atoms with E-state index < -0.39 is 27.2 Å². The first-order chi connectivity index (χ1) is 19.9. The molecule has 230 valence electrons. The highest BCUT2D eigenvalue weighted by molar-refractivity contribution is 7.92. The highest BCUT2D eigenvalue weighted by Crippen LogP contribution is 2.22. The molecule has 0 fully saturated rings. The van der Waals surface area contributed by atoms with Crippen LogP contribution in [0.4, 0.5) is 0 Å². The van der Waals surface area contributed by atoms with Crippen LogP contribution in [0.2, 0.25) is 0 Å². The number of sulfone groups is 1. The van der Waals surface area contributed by atoms with Gasteiger partial charge in [-0.25, -0.2) is 8.42 Å². The number of ether oxygens (including phenoxy) is 2. The number of hydrogen-bond donors (Lipinski definition) is 5. The molecule has 1 atom stereocenters. The monoisotopic (exact) mass is 603 g/mol. The van der Waals surface area contributed by atoms with Gasteiger partial charge in [-0.2, -0.15) is 0 Å². The number of aromatic hydroxyl groups is 1. The van der Waals surface area contributed by atoms with Crippen LogP contribution in [-0.4, -0.2) is 66.4 Å². The maximum Gasteiger partial charge on any atom is 0.300 e. The largest absolute Gasteiger partial charge is 0.508 e. The number of benzene rings is 3. The smallest absolute Gasteiger partial charge is 0.300 e. The lowest BCUT2D eigenvalue weighted by Gasteiger charge is -2.14. The van der Waals surface area contributed by atoms with Crippen molar-refractivity contribution in [3.05, 3.63) is 89.0 Å². The summed E-state index contributed by atoms with van der Waals surface area (Å²) in [7, 11) is -3.31. The molecular weight excluding hydrogens is 562 g/mol. The van der Waals surface area contributed by atoms with Crippen LogP contribution in [-0.2, 0) is 39.0 Å². The van der Waals surface area contributed by atoms with E-state index in [1.807, 2.05) is 30.3 Å². The fourth-order valence-electron chi connectivity index (χ4n) is 3.77. The molecule has 0 bridgehead atoms. The van der Waals surface area contributed by atoms with Crippen LogP contribution in [0, 0.1) is 0 Å². The van der Waals surface area contributed by atoms with Gasteiger partial charge in [-0.05, 0) is 79.9 Å². The molecule has 42 heavy (non-hydrogen) atoms. The van der Waals surface area contributed by atoms with Gasteiger partial charge in [-0.15, -0.1) is 0 Å². The average molecular weight is 604 g/mol. The van der Waals surface area contributed by atoms with Gasteiger partial charge >= 0.3 is 0 Å². The third-order valence-corrected chi connectivity index (χ3v) is 8.28. The molecule has 10 nitrogen and oxygen atoms in total. The highest BCUT2D eigenvalue weighted by Gasteiger charge is 2.19. The topological polar surface area (TPSA) is 163 Å². The Morgan fingerprint density at radius 1 is 0.976 bits per heavy atom. The zero-order chi connectivity index (χ0) is 31.1. The van der Waals surface area contributed by atoms with Crippen molar-refractivity contribution in [1.82, 2.24) is 5.32 Å². The summed E-state index contributed by atoms with van der Waals surface area (Å²) in [5.41, 5.74) is 2.95. The van der Waals surface area contributed by atoms with E-state index in [1.54, 1.807) is 44.2 Å². The molecule has 0 aliphatic heterocycles. The van der Waals surface area contributed by atoms with Gasteiger partial charge in [-0.1, -0.05) is 30.3 Å². The number of rotatable bonds is 15. The molecule has 0 saturated heterocycles. The van der Waals surface area contributed by atoms with Crippen LogP contribution in [0.15, 0.2) is 71.6 Å². The molecule has 0 spiro atoms. The zero-order valence-corrected chi connectivity index (χ0v) is 25.0. The van der Waals surface area contributed by atoms with Crippen molar-refractivity contribution in [1.29, 1.82) is 0 Å². The van der Waals surface area contributed by atoms with Crippen molar-refractivity contribution in [2.24, 2.45) is 0 Å². The molecule has 0 amide bonds. The van der Waals surface area contributed by atoms with Gasteiger partial charge in [0.25, 0.3) is 5.97 Å². The summed E-state index contributed by atoms with van der Waals surface area (Å²) in [6.45, 7) is 6.22. The SMILES string of the molecule is CC(=O)O.CC(C)S(=O)(=O)c1cccc(COCCOc2ccc(CCNC[C@H](O)c3ccc(O)c(CO)c3)cc2)c1. The van der Waals surface area contributed by atoms with Crippen LogP contribution in [0.25, 0.3) is 0 Å². The lowest BCUT2D eigenvalue weighted by atomic mass is 10.1. The molecule has 0 aliphatic rings. The highest BCUT2D eigenvalue weighted by atomic mass is 32.2. The summed E-state index contributed by atoms with van der Waals surface area (Å²) in [5, 5.41) is 39.4. The fraction of sp³-hybridized carbons (Fsp3) is 0.387. The maximum absolute atomic E-state index is 12.3. The second-order valence-corrected chi connectivity index (χ2v) is 12.3. The lowest BCUT2D eigenvalue weighted by molar-refractivity contribution is -0.134. The first-order valence-corrected chi connectivity index (χ1v) is 15.1. The van der Waals surface area contributed by atoms with Gasteiger partial charge in [0.2, 0.25) is 0 Å². The van der Waals surface area contributed by atoms with Gasteiger partial charge in [0.05, 0.1) is 36.1 Å². The Balaban J connectivity index is 0.00000144. The van der Waals surface area contributed by atoms with Crippen molar-refractivity contribution in [3.8, 4) is 11.5 Å². The summed E-state index contributed by atoms with van der Waals surface area (Å²) in [6.07, 6.45) is 0.0371. The van der Waals surface area contributed by atoms with E-state index in [0.717, 1.165) is 30.2 Å². The first kappa shape index (κ1) is 34.7. The van der Waals surface area contributed by atoms with E-state index in [-0.39, 0.29) is 12.4 Å². The molecule has 5 N–H and O–H groups in total. The van der Waals surface area contributed by atoms with E-state index >= 15 is 0 Å². The third-order valence-electron chi connectivity index (χ3n) is 6.12. The molecule has 0 heterocycles. The minimum atomic E-state index is -3.31. The van der Waals surface area contributed by atoms with E-state index in [4.69, 9.17) is 19.4 Å². The summed E-state index contributed by atoms with van der Waals surface area (Å²) in [6, 6.07) is 19.3. The molecule has 3 aromatic rings. The third kappa shape index (κ3) is 11.8. The normalized spacial score (nSPS) is 12.0. The number of hydrogen-bond acceptors (Lipinski definition) is 9. The molecule has 0 radical (unpaired) electrons. The van der Waals surface area contributed by atoms with Crippen LogP contribution in [0.1, 0.15) is 49.1 Å². The summed E-state index contributed by atoms with van der Waals surface area (Å²) in [4.78, 5) is 9.31. The fourth-order valence-corrected chi connectivity index (χ4v) is 4.90. The van der Waals surface area contributed by atoms with Crippen LogP contribution >= 0.6 is 0 Å². The summed E-state index contributed by atoms with van der Waals surface area (Å²) in [5.74, 6) is -0.0866. The first-order valence-electron chi connectivity index (χ1n) is 13.6. The number of phenols is 1. The summed E-state index contributed by atoms with van der Waals surface area (Å²) < 4.78 is 36.1. The minimum absolute atomic E-state index is 0.0127. The lowest BCUT2D eigenvalue weighted by Crippen LogP contribution is -2.23. The van der Waals surface area contributed by atoms with Crippen LogP contribution < -0.4 is 10.1 Å². The number of aliphatic carboxylic acids is 1. The Labute approximate surface area is 247 Å². The Morgan fingerprint density at radius 3 is 2.31 bits per heavy atom. The number of aliphatic hydroxyl groups excluding tert-OH is 2. The molecule has 0 saturated carbocycles. The van der Waals surface area contributed by atoms with Crippen molar-refractivity contribution in [2.45, 2.75) is 56.7 Å². The summed E-state index contributed by atoms with van der Waals surface area (Å²) >= 11 is 0. The van der Waals surface area contributed by atoms with E-state index in [1.165, 1.54) is 6.07 Å². The average Bonchev–Trinajstić information content (AvgIpc) is 2.95. The second kappa shape index (κ2) is 17.5. The number of nitrogens with one attached hydrogen (secondary N) is 1. The van der Waals surface area contributed by atoms with Gasteiger partial charge in [0.15, 0.2) is 9.84 Å². The van der Waals surface area contributed by atoms with E-state index in [9.17, 15) is 23.7 Å². The molecular formula is C31H41NO9S. The molecule has 3 aromatic carbocycles. The Bertz CT molecular complexity index is 1360. The Hall–Kier alpha value is -3.48. The van der Waals surface area contributed by atoms with Gasteiger partial charge < -0.3 is 35.2 Å². The maximum atomic E-state index is 12.3. The van der Waals surface area contributed by atoms with Crippen LogP contribution in [0.3, 0.4) is 0 Å². The predicted molar refractivity (Wildman–Crippen MR) is 159 cm³/mol. The molecule has 11 heteroatoms. The number of carboxylic acid groups (broad SMARTS) is 1. The van der Waals surface area contributed by atoms with Crippen molar-refractivity contribution < 1.29 is 43.1 Å². The Morgan fingerprint density at radius 2 is 1.67 bits per heavy atom. The zero-order valence-electron chi connectivity index (χ0n) is 24.2. The Kier molecular flexibility index (Phi) is 14.4. The second-order valence-electron chi connectivity index (χ2n) is 9.82. The van der Waals surface area contributed by atoms with E-state index in [0.29, 0.717) is 48.9 Å². The standard InChI is InChI=1S/C29H37NO7S.C2H4O2/c1-21(2)38(34,35)27-5-3-4-23(16-27)20-36-14-15-37-26-9-6-22(7-10-26)12-13-30-18-29(33)24-8-11-28(32)25(17-24)19-31;1-2(3)4/h3-11,16-17,21,29-33H,12-15,18-20H2,1-2H3;1H3,(H,3,4)/t29-;/m0./s1. The van der Waals surface area contributed by atoms with Crippen molar-refractivity contribution in [3.63, 3.8) is 0 Å². The van der Waals surface area contributed by atoms with Crippen molar-refractivity contribution >= 4 is 15.8 Å². The number of carbonyl (C=O) groups is 1. The quantitative estimate of drug-likeness (QED) is 0.162. The van der Waals surface area contributed by atoms with E-state index in [2.05, 4.69) is 5.32 Å². The van der Waals surface area contributed by atoms with Gasteiger partial charge in [0.1, 0.15) is 18.1 Å². The predicted octanol–water partition coefficient (Wildman–Crippen LogP) is 3.62. The van der Waals surface area contributed by atoms with Crippen molar-refractivity contribution in [2.75, 3.05) is 26.3 Å². The molecule has 0 unspecified atom stereocenters. The number of carboxylic acids is 1. The molecule has 0 aliphatic carbocycles. The van der Waals surface area contributed by atoms with Gasteiger partial charge in [-0.3, -0.25) is 4.79 Å². The molecule has 3 rings (SSSR count). The van der Waals surface area contributed by atoms with Gasteiger partial charge in [0, 0.05) is 19.0 Å². The minimum Gasteiger partial charge on any atom is -0.508 e. The van der Waals surface area contributed by atoms with Crippen LogP contribution in [0.5, 0.6) is 11.5 Å². The number of aliphatic hydroxyl groups is 2.